The highest BCUT2D eigenvalue weighted by Crippen LogP contribution is 2.28. The first-order chi connectivity index (χ1) is 6.18. The molecule has 2 aliphatic rings. The fourth-order valence-corrected chi connectivity index (χ4v) is 2.11. The lowest BCUT2D eigenvalue weighted by molar-refractivity contribution is 0.104. The molecule has 0 aromatic rings. The monoisotopic (exact) mass is 181 g/mol. The number of nitrogens with zero attached hydrogens (tertiary/aromatic N) is 2. The van der Waals surface area contributed by atoms with Crippen LogP contribution in [0.15, 0.2) is 12.4 Å². The minimum absolute atomic E-state index is 0.189. The number of hydrogen-bond donors (Lipinski definition) is 1. The molecule has 4 heteroatoms. The Balaban J connectivity index is 2.08. The number of piperidine rings is 1. The Labute approximate surface area is 78.0 Å². The number of hydrogen-bond acceptors (Lipinski definition) is 2. The third-order valence-electron chi connectivity index (χ3n) is 2.82. The summed E-state index contributed by atoms with van der Waals surface area (Å²) in [5.41, 5.74) is 5.25. The Morgan fingerprint density at radius 1 is 1.46 bits per heavy atom. The van der Waals surface area contributed by atoms with Crippen LogP contribution in [-0.2, 0) is 0 Å². The minimum atomic E-state index is -0.349. The zero-order valence-corrected chi connectivity index (χ0v) is 7.81. The summed E-state index contributed by atoms with van der Waals surface area (Å²) in [6.07, 6.45) is 6.13. The molecule has 0 spiro atoms. The second-order valence-corrected chi connectivity index (χ2v) is 3.90. The van der Waals surface area contributed by atoms with Gasteiger partial charge in [-0.3, -0.25) is 4.90 Å². The first-order valence-corrected chi connectivity index (χ1v) is 4.70. The number of carbonyl (C=O) groups is 1. The van der Waals surface area contributed by atoms with Gasteiger partial charge in [0, 0.05) is 18.9 Å². The third-order valence-corrected chi connectivity index (χ3v) is 2.82. The van der Waals surface area contributed by atoms with Crippen LogP contribution in [-0.4, -0.2) is 28.5 Å². The summed E-state index contributed by atoms with van der Waals surface area (Å²) in [5.74, 6) is 0.716. The van der Waals surface area contributed by atoms with Gasteiger partial charge in [0.25, 0.3) is 0 Å². The quantitative estimate of drug-likeness (QED) is 0.604. The summed E-state index contributed by atoms with van der Waals surface area (Å²) < 4.78 is 0. The maximum absolute atomic E-state index is 11.0. The molecule has 0 radical (unpaired) electrons. The van der Waals surface area contributed by atoms with Crippen molar-refractivity contribution in [3.05, 3.63) is 12.4 Å². The van der Waals surface area contributed by atoms with Crippen LogP contribution in [0.25, 0.3) is 0 Å². The summed E-state index contributed by atoms with van der Waals surface area (Å²) in [7, 11) is 0. The molecule has 2 rings (SSSR count). The summed E-state index contributed by atoms with van der Waals surface area (Å²) in [4.78, 5) is 14.8. The van der Waals surface area contributed by atoms with E-state index >= 15 is 0 Å². The number of urea groups is 1. The van der Waals surface area contributed by atoms with E-state index in [4.69, 9.17) is 5.73 Å². The number of amides is 2. The summed E-state index contributed by atoms with van der Waals surface area (Å²) >= 11 is 0. The highest BCUT2D eigenvalue weighted by molar-refractivity contribution is 5.74. The maximum atomic E-state index is 11.0. The van der Waals surface area contributed by atoms with Crippen LogP contribution in [0.1, 0.15) is 19.8 Å². The predicted octanol–water partition coefficient (Wildman–Crippen LogP) is 0.910. The lowest BCUT2D eigenvalue weighted by Gasteiger charge is -2.37. The zero-order valence-electron chi connectivity index (χ0n) is 7.81. The number of fused-ring (bicyclic) bond motifs is 1. The molecule has 2 atom stereocenters. The van der Waals surface area contributed by atoms with Crippen LogP contribution in [0.2, 0.25) is 0 Å². The van der Waals surface area contributed by atoms with Gasteiger partial charge in [0.15, 0.2) is 0 Å². The van der Waals surface area contributed by atoms with E-state index in [1.807, 2.05) is 6.20 Å². The number of primary amides is 1. The molecule has 2 heterocycles. The van der Waals surface area contributed by atoms with Crippen LogP contribution in [0.5, 0.6) is 0 Å². The maximum Gasteiger partial charge on any atom is 0.320 e. The van der Waals surface area contributed by atoms with Crippen molar-refractivity contribution >= 4 is 6.03 Å². The van der Waals surface area contributed by atoms with E-state index in [2.05, 4.69) is 11.8 Å². The lowest BCUT2D eigenvalue weighted by Crippen LogP contribution is -2.47. The molecule has 0 aromatic heterocycles. The molecule has 0 aromatic carbocycles. The Morgan fingerprint density at radius 3 is 2.92 bits per heavy atom. The van der Waals surface area contributed by atoms with Crippen molar-refractivity contribution in [3.63, 3.8) is 0 Å². The molecule has 1 saturated heterocycles. The van der Waals surface area contributed by atoms with Crippen molar-refractivity contribution in [2.75, 3.05) is 6.54 Å². The summed E-state index contributed by atoms with van der Waals surface area (Å²) in [5, 5.41) is 0. The molecule has 1 fully saturated rings. The van der Waals surface area contributed by atoms with Gasteiger partial charge in [0.05, 0.1) is 0 Å². The molecule has 13 heavy (non-hydrogen) atoms. The van der Waals surface area contributed by atoms with Gasteiger partial charge in [0.1, 0.15) is 6.17 Å². The predicted molar refractivity (Wildman–Crippen MR) is 49.5 cm³/mol. The van der Waals surface area contributed by atoms with Crippen molar-refractivity contribution in [2.45, 2.75) is 25.9 Å². The number of rotatable bonds is 0. The summed E-state index contributed by atoms with van der Waals surface area (Å²) in [6.45, 7) is 3.27. The molecule has 0 saturated carbocycles. The molecule has 2 unspecified atom stereocenters. The highest BCUT2D eigenvalue weighted by atomic mass is 16.2. The lowest BCUT2D eigenvalue weighted by atomic mass is 9.98. The Hall–Kier alpha value is -1.19. The van der Waals surface area contributed by atoms with Crippen molar-refractivity contribution in [1.29, 1.82) is 0 Å². The molecule has 72 valence electrons. The van der Waals surface area contributed by atoms with E-state index in [9.17, 15) is 4.79 Å². The van der Waals surface area contributed by atoms with Gasteiger partial charge in [0.2, 0.25) is 0 Å². The molecule has 2 aliphatic heterocycles. The Kier molecular flexibility index (Phi) is 1.90. The average molecular weight is 181 g/mol. The standard InChI is InChI=1S/C9H15N3O/c1-7-2-3-8-11(6-7)4-5-12(8)9(10)13/h4-5,7-8H,2-3,6H2,1H3,(H2,10,13). The van der Waals surface area contributed by atoms with Gasteiger partial charge in [-0.1, -0.05) is 6.92 Å². The van der Waals surface area contributed by atoms with E-state index in [0.717, 1.165) is 13.0 Å². The first kappa shape index (κ1) is 8.41. The number of nitrogens with two attached hydrogens (primary N) is 1. The van der Waals surface area contributed by atoms with E-state index in [-0.39, 0.29) is 12.2 Å². The van der Waals surface area contributed by atoms with Crippen LogP contribution in [0.3, 0.4) is 0 Å². The van der Waals surface area contributed by atoms with Crippen molar-refractivity contribution in [1.82, 2.24) is 9.80 Å². The van der Waals surface area contributed by atoms with E-state index < -0.39 is 0 Å². The third kappa shape index (κ3) is 1.36. The van der Waals surface area contributed by atoms with Gasteiger partial charge >= 0.3 is 6.03 Å². The van der Waals surface area contributed by atoms with E-state index in [1.54, 1.807) is 11.1 Å². The van der Waals surface area contributed by atoms with Crippen LogP contribution >= 0.6 is 0 Å². The second kappa shape index (κ2) is 2.94. The molecular formula is C9H15N3O. The minimum Gasteiger partial charge on any atom is -0.355 e. The van der Waals surface area contributed by atoms with Gasteiger partial charge in [-0.15, -0.1) is 0 Å². The topological polar surface area (TPSA) is 49.6 Å². The molecule has 4 nitrogen and oxygen atoms in total. The van der Waals surface area contributed by atoms with Gasteiger partial charge in [-0.05, 0) is 18.8 Å². The normalized spacial score (nSPS) is 32.1. The Bertz CT molecular complexity index is 251. The van der Waals surface area contributed by atoms with Crippen LogP contribution < -0.4 is 5.73 Å². The van der Waals surface area contributed by atoms with Crippen LogP contribution in [0, 0.1) is 5.92 Å². The first-order valence-electron chi connectivity index (χ1n) is 4.70. The Morgan fingerprint density at radius 2 is 2.23 bits per heavy atom. The highest BCUT2D eigenvalue weighted by Gasteiger charge is 2.33. The van der Waals surface area contributed by atoms with E-state index in [0.29, 0.717) is 5.92 Å². The molecule has 2 amide bonds. The van der Waals surface area contributed by atoms with Crippen molar-refractivity contribution in [3.8, 4) is 0 Å². The largest absolute Gasteiger partial charge is 0.355 e. The molecular weight excluding hydrogens is 166 g/mol. The smallest absolute Gasteiger partial charge is 0.320 e. The zero-order chi connectivity index (χ0) is 9.42. The van der Waals surface area contributed by atoms with Gasteiger partial charge < -0.3 is 10.6 Å². The van der Waals surface area contributed by atoms with Crippen molar-refractivity contribution in [2.24, 2.45) is 11.7 Å². The van der Waals surface area contributed by atoms with Crippen LogP contribution in [0.4, 0.5) is 4.79 Å². The fourth-order valence-electron chi connectivity index (χ4n) is 2.11. The SMILES string of the molecule is CC1CCC2N(C=CN2C(N)=O)C1. The summed E-state index contributed by atoms with van der Waals surface area (Å²) in [6, 6.07) is -0.349. The van der Waals surface area contributed by atoms with E-state index in [1.165, 1.54) is 6.42 Å². The number of carbonyl (C=O) groups excluding carboxylic acids is 1. The average Bonchev–Trinajstić information content (AvgIpc) is 2.46. The second-order valence-electron chi connectivity index (χ2n) is 3.90. The molecule has 0 bridgehead atoms. The fraction of sp³-hybridized carbons (Fsp3) is 0.667. The molecule has 2 N–H and O–H groups in total. The van der Waals surface area contributed by atoms with Gasteiger partial charge in [-0.25, -0.2) is 4.79 Å². The van der Waals surface area contributed by atoms with Crippen molar-refractivity contribution < 1.29 is 4.79 Å². The van der Waals surface area contributed by atoms with Gasteiger partial charge in [-0.2, -0.15) is 0 Å². The molecule has 0 aliphatic carbocycles.